The highest BCUT2D eigenvalue weighted by Gasteiger charge is 2.46. The Morgan fingerprint density at radius 1 is 1.33 bits per heavy atom. The number of hydrogen-bond donors (Lipinski definition) is 1. The van der Waals surface area contributed by atoms with Crippen LogP contribution in [0.25, 0.3) is 0 Å². The minimum atomic E-state index is -0.568. The first-order chi connectivity index (χ1) is 6.68. The molecule has 0 fully saturated rings. The lowest BCUT2D eigenvalue weighted by atomic mass is 9.99. The zero-order valence-electron chi connectivity index (χ0n) is 10.4. The van der Waals surface area contributed by atoms with Gasteiger partial charge in [0.15, 0.2) is 0 Å². The summed E-state index contributed by atoms with van der Waals surface area (Å²) >= 11 is 0. The highest BCUT2D eigenvalue weighted by molar-refractivity contribution is 6.35. The zero-order valence-corrected chi connectivity index (χ0v) is 10.4. The van der Waals surface area contributed by atoms with Crippen molar-refractivity contribution in [2.24, 2.45) is 9.98 Å². The predicted molar refractivity (Wildman–Crippen MR) is 62.8 cm³/mol. The van der Waals surface area contributed by atoms with Crippen molar-refractivity contribution in [3.63, 3.8) is 0 Å². The third-order valence-electron chi connectivity index (χ3n) is 2.56. The second-order valence-corrected chi connectivity index (χ2v) is 5.23. The van der Waals surface area contributed by atoms with Crippen molar-refractivity contribution in [1.82, 2.24) is 5.06 Å². The molecule has 1 rings (SSSR count). The number of nitrogens with zero attached hydrogens (tertiary/aromatic N) is 3. The van der Waals surface area contributed by atoms with E-state index in [2.05, 4.69) is 9.98 Å². The molecule has 0 radical (unpaired) electrons. The normalized spacial score (nSPS) is 25.2. The SMILES string of the molecule is CC(C)N=CC1=NC(C)(C)N(O)C1(C)C. The molecule has 4 heteroatoms. The molecule has 0 aromatic rings. The number of hydroxylamine groups is 2. The van der Waals surface area contributed by atoms with E-state index < -0.39 is 11.2 Å². The van der Waals surface area contributed by atoms with Crippen LogP contribution < -0.4 is 0 Å². The Labute approximate surface area is 91.7 Å². The Hall–Kier alpha value is -0.740. The first-order valence-electron chi connectivity index (χ1n) is 5.30. The summed E-state index contributed by atoms with van der Waals surface area (Å²) in [5.41, 5.74) is -0.215. The Morgan fingerprint density at radius 2 is 1.87 bits per heavy atom. The second-order valence-electron chi connectivity index (χ2n) is 5.23. The molecule has 0 aromatic carbocycles. The third kappa shape index (κ3) is 2.26. The highest BCUT2D eigenvalue weighted by atomic mass is 16.5. The largest absolute Gasteiger partial charge is 0.311 e. The van der Waals surface area contributed by atoms with Crippen molar-refractivity contribution < 1.29 is 5.21 Å². The predicted octanol–water partition coefficient (Wildman–Crippen LogP) is 2.13. The van der Waals surface area contributed by atoms with E-state index in [0.717, 1.165) is 5.71 Å². The fourth-order valence-electron chi connectivity index (χ4n) is 1.68. The molecule has 0 saturated heterocycles. The van der Waals surface area contributed by atoms with Crippen LogP contribution >= 0.6 is 0 Å². The molecule has 0 bridgehead atoms. The Morgan fingerprint density at radius 3 is 2.20 bits per heavy atom. The lowest BCUT2D eigenvalue weighted by Crippen LogP contribution is -2.50. The van der Waals surface area contributed by atoms with Crippen LogP contribution in [0.1, 0.15) is 41.5 Å². The van der Waals surface area contributed by atoms with E-state index in [1.165, 1.54) is 5.06 Å². The van der Waals surface area contributed by atoms with Crippen LogP contribution in [0.2, 0.25) is 0 Å². The lowest BCUT2D eigenvalue weighted by molar-refractivity contribution is -0.187. The molecule has 0 unspecified atom stereocenters. The first-order valence-corrected chi connectivity index (χ1v) is 5.30. The molecule has 1 aliphatic rings. The minimum absolute atomic E-state index is 0.249. The van der Waals surface area contributed by atoms with Gasteiger partial charge >= 0.3 is 0 Å². The molecule has 4 nitrogen and oxygen atoms in total. The van der Waals surface area contributed by atoms with E-state index in [0.29, 0.717) is 0 Å². The Bertz CT molecular complexity index is 303. The summed E-state index contributed by atoms with van der Waals surface area (Å²) in [7, 11) is 0. The molecule has 1 heterocycles. The van der Waals surface area contributed by atoms with Crippen molar-refractivity contribution in [3.05, 3.63) is 0 Å². The van der Waals surface area contributed by atoms with E-state index in [1.807, 2.05) is 41.5 Å². The van der Waals surface area contributed by atoms with Gasteiger partial charge in [-0.15, -0.1) is 0 Å². The van der Waals surface area contributed by atoms with Gasteiger partial charge in [-0.2, -0.15) is 5.06 Å². The van der Waals surface area contributed by atoms with Crippen molar-refractivity contribution in [2.75, 3.05) is 0 Å². The molecule has 0 aliphatic carbocycles. The minimum Gasteiger partial charge on any atom is -0.311 e. The molecule has 0 spiro atoms. The summed E-state index contributed by atoms with van der Waals surface area (Å²) in [5.74, 6) is 0. The molecule has 0 aromatic heterocycles. The van der Waals surface area contributed by atoms with Gasteiger partial charge in [0.1, 0.15) is 5.66 Å². The highest BCUT2D eigenvalue weighted by Crippen LogP contribution is 2.32. The maximum Gasteiger partial charge on any atom is 0.131 e. The van der Waals surface area contributed by atoms with E-state index in [1.54, 1.807) is 6.21 Å². The van der Waals surface area contributed by atoms with Crippen molar-refractivity contribution in [3.8, 4) is 0 Å². The topological polar surface area (TPSA) is 48.2 Å². The molecule has 0 amide bonds. The average molecular weight is 211 g/mol. The van der Waals surface area contributed by atoms with Gasteiger partial charge in [0.05, 0.1) is 11.3 Å². The van der Waals surface area contributed by atoms with Gasteiger partial charge in [-0.25, -0.2) is 0 Å². The van der Waals surface area contributed by atoms with Crippen LogP contribution in [0.5, 0.6) is 0 Å². The molecular formula is C11H21N3O. The average Bonchev–Trinajstić information content (AvgIpc) is 2.23. The van der Waals surface area contributed by atoms with Gasteiger partial charge in [0.25, 0.3) is 0 Å². The van der Waals surface area contributed by atoms with Gasteiger partial charge in [0.2, 0.25) is 0 Å². The molecular weight excluding hydrogens is 190 g/mol. The van der Waals surface area contributed by atoms with Crippen LogP contribution in [0.3, 0.4) is 0 Å². The summed E-state index contributed by atoms with van der Waals surface area (Å²) in [6.45, 7) is 11.7. The molecule has 1 aliphatic heterocycles. The van der Waals surface area contributed by atoms with Gasteiger partial charge in [0, 0.05) is 12.3 Å². The molecule has 86 valence electrons. The zero-order chi connectivity index (χ0) is 11.9. The Kier molecular flexibility index (Phi) is 3.03. The summed E-state index contributed by atoms with van der Waals surface area (Å²) in [4.78, 5) is 8.78. The molecule has 0 saturated carbocycles. The van der Waals surface area contributed by atoms with Crippen LogP contribution in [0.15, 0.2) is 9.98 Å². The number of rotatable bonds is 2. The van der Waals surface area contributed by atoms with Crippen LogP contribution in [-0.4, -0.2) is 39.4 Å². The van der Waals surface area contributed by atoms with Crippen molar-refractivity contribution >= 4 is 11.9 Å². The van der Waals surface area contributed by atoms with E-state index in [4.69, 9.17) is 0 Å². The standard InChI is InChI=1S/C11H21N3O/c1-8(2)12-7-9-10(3,4)14(15)11(5,6)13-9/h7-8,15H,1-6H3. The van der Waals surface area contributed by atoms with Gasteiger partial charge in [-0.1, -0.05) is 0 Å². The maximum absolute atomic E-state index is 9.98. The molecule has 1 N–H and O–H groups in total. The van der Waals surface area contributed by atoms with Crippen LogP contribution in [-0.2, 0) is 0 Å². The summed E-state index contributed by atoms with van der Waals surface area (Å²) < 4.78 is 0. The second kappa shape index (κ2) is 3.68. The maximum atomic E-state index is 9.98. The third-order valence-corrected chi connectivity index (χ3v) is 2.56. The van der Waals surface area contributed by atoms with Crippen LogP contribution in [0.4, 0.5) is 0 Å². The monoisotopic (exact) mass is 211 g/mol. The van der Waals surface area contributed by atoms with E-state index in [-0.39, 0.29) is 6.04 Å². The first kappa shape index (κ1) is 12.3. The Balaban J connectivity index is 2.99. The van der Waals surface area contributed by atoms with E-state index >= 15 is 0 Å². The smallest absolute Gasteiger partial charge is 0.131 e. The summed E-state index contributed by atoms with van der Waals surface area (Å²) in [5, 5.41) is 11.3. The van der Waals surface area contributed by atoms with Gasteiger partial charge < -0.3 is 5.21 Å². The van der Waals surface area contributed by atoms with Gasteiger partial charge in [-0.05, 0) is 41.5 Å². The molecule has 0 atom stereocenters. The quantitative estimate of drug-likeness (QED) is 0.711. The summed E-state index contributed by atoms with van der Waals surface area (Å²) in [6.07, 6.45) is 1.77. The van der Waals surface area contributed by atoms with Gasteiger partial charge in [-0.3, -0.25) is 9.98 Å². The lowest BCUT2D eigenvalue weighted by Gasteiger charge is -2.33. The number of aliphatic imine (C=N–C) groups is 2. The van der Waals surface area contributed by atoms with Crippen molar-refractivity contribution in [2.45, 2.75) is 58.8 Å². The van der Waals surface area contributed by atoms with Crippen LogP contribution in [0, 0.1) is 0 Å². The fourth-order valence-corrected chi connectivity index (χ4v) is 1.68. The summed E-state index contributed by atoms with van der Waals surface area (Å²) in [6, 6.07) is 0.249. The fraction of sp³-hybridized carbons (Fsp3) is 0.818. The van der Waals surface area contributed by atoms with E-state index in [9.17, 15) is 5.21 Å². The van der Waals surface area contributed by atoms with Crippen molar-refractivity contribution in [1.29, 1.82) is 0 Å². The molecule has 15 heavy (non-hydrogen) atoms. The number of hydrogen-bond acceptors (Lipinski definition) is 4.